The lowest BCUT2D eigenvalue weighted by Crippen LogP contribution is -2.25. The van der Waals surface area contributed by atoms with Gasteiger partial charge in [-0.05, 0) is 61.6 Å². The first kappa shape index (κ1) is 21.9. The SMILES string of the molecule is COc1cc2c(OC)nc3c4cc5c(cc4cc(OCCN4CCCC4)c3c2cc1OC)OCO5. The summed E-state index contributed by atoms with van der Waals surface area (Å²) < 4.78 is 34.7. The largest absolute Gasteiger partial charge is 0.493 e. The van der Waals surface area contributed by atoms with Crippen LogP contribution in [0.1, 0.15) is 12.8 Å². The number of nitrogens with zero attached hydrogens (tertiary/aromatic N) is 2. The lowest BCUT2D eigenvalue weighted by molar-refractivity contribution is 0.174. The van der Waals surface area contributed by atoms with Crippen molar-refractivity contribution in [1.29, 1.82) is 0 Å². The van der Waals surface area contributed by atoms with Crippen LogP contribution in [-0.2, 0) is 0 Å². The van der Waals surface area contributed by atoms with E-state index in [-0.39, 0.29) is 6.79 Å². The summed E-state index contributed by atoms with van der Waals surface area (Å²) in [4.78, 5) is 7.39. The maximum Gasteiger partial charge on any atom is 0.231 e. The van der Waals surface area contributed by atoms with E-state index in [1.807, 2.05) is 24.3 Å². The quantitative estimate of drug-likeness (QED) is 0.353. The summed E-state index contributed by atoms with van der Waals surface area (Å²) in [6.45, 7) is 3.94. The fourth-order valence-electron chi connectivity index (χ4n) is 5.11. The first-order chi connectivity index (χ1) is 17.2. The lowest BCUT2D eigenvalue weighted by atomic mass is 9.99. The Balaban J connectivity index is 1.61. The summed E-state index contributed by atoms with van der Waals surface area (Å²) >= 11 is 0. The Morgan fingerprint density at radius 2 is 1.51 bits per heavy atom. The van der Waals surface area contributed by atoms with Gasteiger partial charge in [-0.15, -0.1) is 0 Å². The standard InChI is InChI=1S/C27H28N2O6/c1-30-20-13-18-19(14-21(20)31-2)27(32-3)28-26-17-12-23-22(34-15-35-23)10-16(17)11-24(25(18)26)33-9-8-29-6-4-5-7-29/h10-14H,4-9,15H2,1-3H3. The second kappa shape index (κ2) is 8.85. The molecular weight excluding hydrogens is 448 g/mol. The third kappa shape index (κ3) is 3.69. The molecule has 0 N–H and O–H groups in total. The van der Waals surface area contributed by atoms with Crippen LogP contribution in [0.5, 0.6) is 34.6 Å². The Bertz CT molecular complexity index is 1430. The van der Waals surface area contributed by atoms with Gasteiger partial charge < -0.3 is 28.4 Å². The van der Waals surface area contributed by atoms with Crippen LogP contribution in [0, 0.1) is 0 Å². The van der Waals surface area contributed by atoms with Crippen LogP contribution in [-0.4, -0.2) is 64.2 Å². The van der Waals surface area contributed by atoms with Crippen LogP contribution in [0.25, 0.3) is 32.4 Å². The van der Waals surface area contributed by atoms with Gasteiger partial charge in [-0.1, -0.05) is 0 Å². The van der Waals surface area contributed by atoms with E-state index >= 15 is 0 Å². The lowest BCUT2D eigenvalue weighted by Gasteiger charge is -2.19. The van der Waals surface area contributed by atoms with E-state index in [0.29, 0.717) is 29.7 Å². The van der Waals surface area contributed by atoms with Crippen LogP contribution in [0.4, 0.5) is 0 Å². The minimum absolute atomic E-state index is 0.208. The molecule has 8 heteroatoms. The van der Waals surface area contributed by atoms with E-state index in [2.05, 4.69) is 11.0 Å². The minimum Gasteiger partial charge on any atom is -0.493 e. The molecule has 0 bridgehead atoms. The molecular formula is C27H28N2O6. The first-order valence-electron chi connectivity index (χ1n) is 11.8. The van der Waals surface area contributed by atoms with Gasteiger partial charge >= 0.3 is 0 Å². The van der Waals surface area contributed by atoms with Crippen molar-refractivity contribution in [1.82, 2.24) is 9.88 Å². The highest BCUT2D eigenvalue weighted by Crippen LogP contribution is 2.46. The highest BCUT2D eigenvalue weighted by molar-refractivity contribution is 6.20. The summed E-state index contributed by atoms with van der Waals surface area (Å²) in [6, 6.07) is 9.89. The number of methoxy groups -OCH3 is 3. The van der Waals surface area contributed by atoms with Crippen molar-refractivity contribution in [2.45, 2.75) is 12.8 Å². The van der Waals surface area contributed by atoms with Crippen LogP contribution < -0.4 is 28.4 Å². The van der Waals surface area contributed by atoms with Crippen molar-refractivity contribution >= 4 is 32.4 Å². The summed E-state index contributed by atoms with van der Waals surface area (Å²) in [5.74, 6) is 3.93. The van der Waals surface area contributed by atoms with Gasteiger partial charge in [-0.2, -0.15) is 0 Å². The molecule has 1 aromatic heterocycles. The van der Waals surface area contributed by atoms with Crippen molar-refractivity contribution < 1.29 is 28.4 Å². The molecule has 8 nitrogen and oxygen atoms in total. The Morgan fingerprint density at radius 3 is 2.23 bits per heavy atom. The van der Waals surface area contributed by atoms with E-state index in [1.54, 1.807) is 21.3 Å². The molecule has 0 unspecified atom stereocenters. The second-order valence-corrected chi connectivity index (χ2v) is 8.80. The number of likely N-dealkylation sites (tertiary alicyclic amines) is 1. The molecule has 4 aromatic rings. The van der Waals surface area contributed by atoms with Gasteiger partial charge in [0, 0.05) is 22.7 Å². The molecule has 35 heavy (non-hydrogen) atoms. The molecule has 0 amide bonds. The molecule has 2 aliphatic rings. The van der Waals surface area contributed by atoms with Gasteiger partial charge in [0.15, 0.2) is 23.0 Å². The molecule has 2 aliphatic heterocycles. The van der Waals surface area contributed by atoms with E-state index in [9.17, 15) is 0 Å². The second-order valence-electron chi connectivity index (χ2n) is 8.80. The average Bonchev–Trinajstić information content (AvgIpc) is 3.57. The number of fused-ring (bicyclic) bond motifs is 6. The van der Waals surface area contributed by atoms with Crippen molar-refractivity contribution in [2.24, 2.45) is 0 Å². The summed E-state index contributed by atoms with van der Waals surface area (Å²) in [6.07, 6.45) is 2.50. The zero-order valence-electron chi connectivity index (χ0n) is 20.2. The highest BCUT2D eigenvalue weighted by Gasteiger charge is 2.22. The molecule has 0 saturated carbocycles. The van der Waals surface area contributed by atoms with Crippen molar-refractivity contribution in [2.75, 3.05) is 54.4 Å². The first-order valence-corrected chi connectivity index (χ1v) is 11.8. The van der Waals surface area contributed by atoms with Crippen molar-refractivity contribution in [3.8, 4) is 34.6 Å². The topological polar surface area (TPSA) is 71.5 Å². The van der Waals surface area contributed by atoms with Gasteiger partial charge in [0.2, 0.25) is 12.7 Å². The number of hydrogen-bond donors (Lipinski definition) is 0. The zero-order valence-corrected chi connectivity index (χ0v) is 20.2. The van der Waals surface area contributed by atoms with Gasteiger partial charge in [0.1, 0.15) is 12.4 Å². The Morgan fingerprint density at radius 1 is 0.800 bits per heavy atom. The number of rotatable bonds is 7. The maximum atomic E-state index is 6.45. The number of ether oxygens (including phenoxy) is 6. The van der Waals surface area contributed by atoms with E-state index in [1.165, 1.54) is 12.8 Å². The fraction of sp³-hybridized carbons (Fsp3) is 0.370. The number of benzene rings is 3. The molecule has 3 aromatic carbocycles. The van der Waals surface area contributed by atoms with E-state index in [0.717, 1.165) is 63.6 Å². The Hall–Kier alpha value is -3.65. The van der Waals surface area contributed by atoms with Gasteiger partial charge in [-0.25, -0.2) is 4.98 Å². The number of pyridine rings is 1. The molecule has 6 rings (SSSR count). The molecule has 0 atom stereocenters. The van der Waals surface area contributed by atoms with Crippen molar-refractivity contribution in [3.05, 3.63) is 30.3 Å². The average molecular weight is 477 g/mol. The van der Waals surface area contributed by atoms with Gasteiger partial charge in [0.25, 0.3) is 0 Å². The normalized spacial score (nSPS) is 15.3. The molecule has 182 valence electrons. The summed E-state index contributed by atoms with van der Waals surface area (Å²) in [7, 11) is 4.87. The van der Waals surface area contributed by atoms with Crippen LogP contribution >= 0.6 is 0 Å². The fourth-order valence-corrected chi connectivity index (χ4v) is 5.11. The monoisotopic (exact) mass is 476 g/mol. The maximum absolute atomic E-state index is 6.45. The van der Waals surface area contributed by atoms with Gasteiger partial charge in [0.05, 0.1) is 32.2 Å². The molecule has 1 fully saturated rings. The summed E-state index contributed by atoms with van der Waals surface area (Å²) in [5.41, 5.74) is 0.772. The predicted molar refractivity (Wildman–Crippen MR) is 134 cm³/mol. The van der Waals surface area contributed by atoms with Crippen LogP contribution in [0.15, 0.2) is 30.3 Å². The molecule has 0 aliphatic carbocycles. The van der Waals surface area contributed by atoms with Crippen LogP contribution in [0.2, 0.25) is 0 Å². The summed E-state index contributed by atoms with van der Waals surface area (Å²) in [5, 5.41) is 4.54. The third-order valence-corrected chi connectivity index (χ3v) is 6.86. The molecule has 1 saturated heterocycles. The molecule has 3 heterocycles. The zero-order chi connectivity index (χ0) is 23.9. The Labute approximate surface area is 203 Å². The number of hydrogen-bond acceptors (Lipinski definition) is 8. The van der Waals surface area contributed by atoms with E-state index in [4.69, 9.17) is 33.4 Å². The smallest absolute Gasteiger partial charge is 0.231 e. The number of aromatic nitrogens is 1. The van der Waals surface area contributed by atoms with Crippen molar-refractivity contribution in [3.63, 3.8) is 0 Å². The Kier molecular flexibility index (Phi) is 5.53. The predicted octanol–water partition coefficient (Wildman–Crippen LogP) is 4.77. The van der Waals surface area contributed by atoms with E-state index < -0.39 is 0 Å². The van der Waals surface area contributed by atoms with Gasteiger partial charge in [-0.3, -0.25) is 4.90 Å². The molecule has 0 radical (unpaired) electrons. The highest BCUT2D eigenvalue weighted by atomic mass is 16.7. The van der Waals surface area contributed by atoms with Crippen LogP contribution in [0.3, 0.4) is 0 Å². The minimum atomic E-state index is 0.208. The molecule has 0 spiro atoms. The third-order valence-electron chi connectivity index (χ3n) is 6.86.